The number of hydrogen-bond donors (Lipinski definition) is 2. The highest BCUT2D eigenvalue weighted by Gasteiger charge is 2.29. The maximum absolute atomic E-state index is 11.8. The van der Waals surface area contributed by atoms with Crippen molar-refractivity contribution in [1.29, 1.82) is 0 Å². The van der Waals surface area contributed by atoms with Crippen molar-refractivity contribution in [3.05, 3.63) is 72.6 Å². The molecular weight excluding hydrogens is 312 g/mol. The molecule has 1 amide bonds. The van der Waals surface area contributed by atoms with Crippen molar-refractivity contribution in [3.63, 3.8) is 0 Å². The first-order valence-corrected chi connectivity index (χ1v) is 8.52. The largest absolute Gasteiger partial charge is 0.381 e. The Morgan fingerprint density at radius 3 is 2.52 bits per heavy atom. The molecule has 0 aliphatic heterocycles. The number of anilines is 2. The van der Waals surface area contributed by atoms with Crippen molar-refractivity contribution in [3.8, 4) is 5.69 Å². The summed E-state index contributed by atoms with van der Waals surface area (Å²) < 4.78 is 1.87. The summed E-state index contributed by atoms with van der Waals surface area (Å²) in [6.07, 6.45) is 5.75. The first-order valence-electron chi connectivity index (χ1n) is 8.52. The van der Waals surface area contributed by atoms with Crippen LogP contribution in [0.1, 0.15) is 18.4 Å². The van der Waals surface area contributed by atoms with Crippen molar-refractivity contribution in [2.45, 2.75) is 19.4 Å². The van der Waals surface area contributed by atoms with Crippen molar-refractivity contribution in [1.82, 2.24) is 9.78 Å². The number of benzene rings is 2. The molecule has 0 spiro atoms. The van der Waals surface area contributed by atoms with E-state index < -0.39 is 0 Å². The van der Waals surface area contributed by atoms with Gasteiger partial charge in [-0.2, -0.15) is 5.10 Å². The Balaban J connectivity index is 1.41. The van der Waals surface area contributed by atoms with Crippen LogP contribution in [0.3, 0.4) is 0 Å². The summed E-state index contributed by atoms with van der Waals surface area (Å²) in [6.45, 7) is 0.698. The summed E-state index contributed by atoms with van der Waals surface area (Å²) in [5, 5.41) is 10.7. The monoisotopic (exact) mass is 332 g/mol. The summed E-state index contributed by atoms with van der Waals surface area (Å²) in [5.41, 5.74) is 4.09. The van der Waals surface area contributed by atoms with Crippen LogP contribution in [-0.2, 0) is 11.3 Å². The third kappa shape index (κ3) is 3.71. The van der Waals surface area contributed by atoms with Gasteiger partial charge in [0.15, 0.2) is 0 Å². The molecule has 1 fully saturated rings. The standard InChI is InChI=1S/C20H20N4O/c25-20(15-6-7-15)23-18-10-8-17(9-11-18)21-14-16-4-1-2-5-19(16)24-13-3-12-22-24/h1-5,8-13,15,21H,6-7,14H2,(H,23,25). The summed E-state index contributed by atoms with van der Waals surface area (Å²) in [6, 6.07) is 17.9. The van der Waals surface area contributed by atoms with E-state index in [2.05, 4.69) is 27.9 Å². The van der Waals surface area contributed by atoms with E-state index in [4.69, 9.17) is 0 Å². The molecule has 1 aliphatic rings. The van der Waals surface area contributed by atoms with E-state index in [9.17, 15) is 4.79 Å². The fourth-order valence-corrected chi connectivity index (χ4v) is 2.75. The van der Waals surface area contributed by atoms with Crippen molar-refractivity contribution in [2.75, 3.05) is 10.6 Å². The van der Waals surface area contributed by atoms with Gasteiger partial charge in [-0.1, -0.05) is 18.2 Å². The molecule has 0 atom stereocenters. The number of amides is 1. The second kappa shape index (κ2) is 6.81. The lowest BCUT2D eigenvalue weighted by atomic mass is 10.1. The van der Waals surface area contributed by atoms with Gasteiger partial charge in [0, 0.05) is 36.2 Å². The van der Waals surface area contributed by atoms with E-state index in [1.54, 1.807) is 6.20 Å². The molecule has 126 valence electrons. The molecule has 2 N–H and O–H groups in total. The first-order chi connectivity index (χ1) is 12.3. The van der Waals surface area contributed by atoms with E-state index in [1.165, 1.54) is 0 Å². The quantitative estimate of drug-likeness (QED) is 0.721. The molecule has 1 heterocycles. The molecule has 25 heavy (non-hydrogen) atoms. The van der Waals surface area contributed by atoms with Crippen LogP contribution in [0.15, 0.2) is 67.0 Å². The van der Waals surface area contributed by atoms with Gasteiger partial charge in [-0.3, -0.25) is 4.79 Å². The Bertz CT molecular complexity index is 852. The van der Waals surface area contributed by atoms with Crippen LogP contribution in [0.25, 0.3) is 5.69 Å². The summed E-state index contributed by atoms with van der Waals surface area (Å²) in [7, 11) is 0. The average Bonchev–Trinajstić information content (AvgIpc) is 3.36. The normalized spacial score (nSPS) is 13.4. The lowest BCUT2D eigenvalue weighted by Crippen LogP contribution is -2.13. The SMILES string of the molecule is O=C(Nc1ccc(NCc2ccccc2-n2cccn2)cc1)C1CC1. The molecule has 3 aromatic rings. The van der Waals surface area contributed by atoms with Crippen LogP contribution in [-0.4, -0.2) is 15.7 Å². The lowest BCUT2D eigenvalue weighted by Gasteiger charge is -2.12. The van der Waals surface area contributed by atoms with Crippen LogP contribution < -0.4 is 10.6 Å². The topological polar surface area (TPSA) is 59.0 Å². The maximum Gasteiger partial charge on any atom is 0.227 e. The number of aromatic nitrogens is 2. The smallest absolute Gasteiger partial charge is 0.227 e. The van der Waals surface area contributed by atoms with Gasteiger partial charge in [-0.15, -0.1) is 0 Å². The highest BCUT2D eigenvalue weighted by molar-refractivity contribution is 5.94. The zero-order chi connectivity index (χ0) is 17.1. The molecule has 0 radical (unpaired) electrons. The van der Waals surface area contributed by atoms with Crippen LogP contribution in [0.2, 0.25) is 0 Å². The van der Waals surface area contributed by atoms with E-state index in [1.807, 2.05) is 53.3 Å². The first kappa shape index (κ1) is 15.4. The highest BCUT2D eigenvalue weighted by Crippen LogP contribution is 2.30. The van der Waals surface area contributed by atoms with Gasteiger partial charge in [0.1, 0.15) is 0 Å². The fourth-order valence-electron chi connectivity index (χ4n) is 2.75. The maximum atomic E-state index is 11.8. The van der Waals surface area contributed by atoms with E-state index >= 15 is 0 Å². The molecule has 5 heteroatoms. The number of nitrogens with zero attached hydrogens (tertiary/aromatic N) is 2. The summed E-state index contributed by atoms with van der Waals surface area (Å²) in [5.74, 6) is 0.352. The minimum absolute atomic E-state index is 0.133. The van der Waals surface area contributed by atoms with E-state index in [0.29, 0.717) is 6.54 Å². The zero-order valence-electron chi connectivity index (χ0n) is 13.9. The Labute approximate surface area is 146 Å². The number of carbonyl (C=O) groups is 1. The Morgan fingerprint density at radius 1 is 1.04 bits per heavy atom. The zero-order valence-corrected chi connectivity index (χ0v) is 13.9. The predicted molar refractivity (Wildman–Crippen MR) is 98.7 cm³/mol. The van der Waals surface area contributed by atoms with E-state index in [0.717, 1.165) is 35.5 Å². The van der Waals surface area contributed by atoms with Gasteiger partial charge in [0.05, 0.1) is 5.69 Å². The van der Waals surface area contributed by atoms with Gasteiger partial charge in [-0.05, 0) is 54.8 Å². The van der Waals surface area contributed by atoms with Gasteiger partial charge in [0.2, 0.25) is 5.91 Å². The molecule has 4 rings (SSSR count). The number of rotatable bonds is 6. The van der Waals surface area contributed by atoms with Crippen molar-refractivity contribution in [2.24, 2.45) is 5.92 Å². The summed E-state index contributed by atoms with van der Waals surface area (Å²) in [4.78, 5) is 11.8. The molecule has 0 bridgehead atoms. The minimum atomic E-state index is 0.133. The average molecular weight is 332 g/mol. The highest BCUT2D eigenvalue weighted by atomic mass is 16.2. The molecule has 0 unspecified atom stereocenters. The molecule has 1 aromatic heterocycles. The third-order valence-electron chi connectivity index (χ3n) is 4.33. The lowest BCUT2D eigenvalue weighted by molar-refractivity contribution is -0.117. The molecular formula is C20H20N4O. The van der Waals surface area contributed by atoms with Crippen molar-refractivity contribution < 1.29 is 4.79 Å². The summed E-state index contributed by atoms with van der Waals surface area (Å²) >= 11 is 0. The predicted octanol–water partition coefficient (Wildman–Crippen LogP) is 3.83. The minimum Gasteiger partial charge on any atom is -0.381 e. The molecule has 5 nitrogen and oxygen atoms in total. The number of carbonyl (C=O) groups excluding carboxylic acids is 1. The molecule has 0 saturated heterocycles. The van der Waals surface area contributed by atoms with Crippen LogP contribution >= 0.6 is 0 Å². The van der Waals surface area contributed by atoms with Gasteiger partial charge < -0.3 is 10.6 Å². The van der Waals surface area contributed by atoms with Crippen LogP contribution in [0.4, 0.5) is 11.4 Å². The number of para-hydroxylation sites is 1. The Kier molecular flexibility index (Phi) is 4.21. The van der Waals surface area contributed by atoms with Gasteiger partial charge >= 0.3 is 0 Å². The second-order valence-corrected chi connectivity index (χ2v) is 6.27. The van der Waals surface area contributed by atoms with Crippen LogP contribution in [0, 0.1) is 5.92 Å². The fraction of sp³-hybridized carbons (Fsp3) is 0.200. The van der Waals surface area contributed by atoms with Crippen molar-refractivity contribution >= 4 is 17.3 Å². The Hall–Kier alpha value is -3.08. The molecule has 1 saturated carbocycles. The number of nitrogens with one attached hydrogen (secondary N) is 2. The molecule has 1 aliphatic carbocycles. The van der Waals surface area contributed by atoms with Crippen LogP contribution in [0.5, 0.6) is 0 Å². The van der Waals surface area contributed by atoms with E-state index in [-0.39, 0.29) is 11.8 Å². The Morgan fingerprint density at radius 2 is 1.80 bits per heavy atom. The third-order valence-corrected chi connectivity index (χ3v) is 4.33. The second-order valence-electron chi connectivity index (χ2n) is 6.27. The number of hydrogen-bond acceptors (Lipinski definition) is 3. The van der Waals surface area contributed by atoms with Gasteiger partial charge in [-0.25, -0.2) is 4.68 Å². The van der Waals surface area contributed by atoms with Gasteiger partial charge in [0.25, 0.3) is 0 Å². The molecule has 2 aromatic carbocycles.